The number of hydrogen-bond acceptors (Lipinski definition) is 5. The van der Waals surface area contributed by atoms with Crippen LogP contribution < -0.4 is 15.0 Å². The zero-order valence-corrected chi connectivity index (χ0v) is 22.8. The van der Waals surface area contributed by atoms with E-state index in [0.717, 1.165) is 31.2 Å². The molecule has 39 heavy (non-hydrogen) atoms. The highest BCUT2D eigenvalue weighted by molar-refractivity contribution is 6.34. The number of rotatable bonds is 8. The number of ether oxygens (including phenoxy) is 1. The Morgan fingerprint density at radius 1 is 1.00 bits per heavy atom. The number of para-hydroxylation sites is 2. The van der Waals surface area contributed by atoms with Crippen LogP contribution in [0.5, 0.6) is 5.75 Å². The molecule has 1 aromatic heterocycles. The standard InChI is InChI=1S/C30H32ClN5O3/c1-20(36-27-15-9-7-13-25(27)33-34-36)30(38)35(26-14-8-6-12-24(26)31)28(21-16-18-23(39-2)19-17-21)29(37)32-22-10-4-3-5-11-22/h6-9,12-20,22,28H,3-5,10-11H2,1-2H3,(H,32,37)/t20-,28-/m0/s1. The van der Waals surface area contributed by atoms with Crippen LogP contribution in [0.4, 0.5) is 5.69 Å². The van der Waals surface area contributed by atoms with E-state index in [1.54, 1.807) is 55.1 Å². The highest BCUT2D eigenvalue weighted by atomic mass is 35.5. The van der Waals surface area contributed by atoms with Gasteiger partial charge in [-0.05, 0) is 61.7 Å². The summed E-state index contributed by atoms with van der Waals surface area (Å²) >= 11 is 6.68. The second-order valence-corrected chi connectivity index (χ2v) is 10.3. The van der Waals surface area contributed by atoms with E-state index in [4.69, 9.17) is 16.3 Å². The molecular weight excluding hydrogens is 514 g/mol. The normalized spacial score (nSPS) is 15.5. The first-order valence-electron chi connectivity index (χ1n) is 13.3. The fraction of sp³-hybridized carbons (Fsp3) is 0.333. The first-order valence-corrected chi connectivity index (χ1v) is 13.7. The third kappa shape index (κ3) is 5.61. The molecule has 2 amide bonds. The maximum absolute atomic E-state index is 14.4. The molecule has 1 fully saturated rings. The van der Waals surface area contributed by atoms with Crippen molar-refractivity contribution in [2.24, 2.45) is 0 Å². The Kier molecular flexibility index (Phi) is 8.12. The summed E-state index contributed by atoms with van der Waals surface area (Å²) < 4.78 is 6.94. The van der Waals surface area contributed by atoms with Crippen LogP contribution >= 0.6 is 11.6 Å². The fourth-order valence-electron chi connectivity index (χ4n) is 5.24. The van der Waals surface area contributed by atoms with Gasteiger partial charge in [0.25, 0.3) is 5.91 Å². The number of carbonyl (C=O) groups excluding carboxylic acids is 2. The number of halogens is 1. The van der Waals surface area contributed by atoms with Crippen LogP contribution in [0.25, 0.3) is 11.0 Å². The molecule has 3 aromatic carbocycles. The van der Waals surface area contributed by atoms with Gasteiger partial charge in [-0.1, -0.05) is 72.5 Å². The number of anilines is 1. The number of methoxy groups -OCH3 is 1. The van der Waals surface area contributed by atoms with E-state index in [1.165, 1.54) is 11.3 Å². The van der Waals surface area contributed by atoms with Crippen molar-refractivity contribution in [3.8, 4) is 5.75 Å². The average molecular weight is 546 g/mol. The van der Waals surface area contributed by atoms with Crippen molar-refractivity contribution >= 4 is 40.1 Å². The van der Waals surface area contributed by atoms with Crippen LogP contribution in [-0.2, 0) is 9.59 Å². The molecule has 8 nitrogen and oxygen atoms in total. The van der Waals surface area contributed by atoms with Crippen LogP contribution in [0, 0.1) is 0 Å². The monoisotopic (exact) mass is 545 g/mol. The number of amides is 2. The van der Waals surface area contributed by atoms with Gasteiger partial charge in [-0.15, -0.1) is 5.10 Å². The summed E-state index contributed by atoms with van der Waals surface area (Å²) in [6.07, 6.45) is 5.15. The van der Waals surface area contributed by atoms with E-state index in [9.17, 15) is 9.59 Å². The lowest BCUT2D eigenvalue weighted by molar-refractivity contribution is -0.128. The zero-order chi connectivity index (χ0) is 27.4. The molecule has 202 valence electrons. The number of aromatic nitrogens is 3. The lowest BCUT2D eigenvalue weighted by Crippen LogP contribution is -2.49. The van der Waals surface area contributed by atoms with E-state index < -0.39 is 12.1 Å². The minimum Gasteiger partial charge on any atom is -0.497 e. The summed E-state index contributed by atoms with van der Waals surface area (Å²) in [5, 5.41) is 12.1. The molecule has 1 aliphatic rings. The molecule has 5 rings (SSSR count). The Hall–Kier alpha value is -3.91. The van der Waals surface area contributed by atoms with Gasteiger partial charge < -0.3 is 10.1 Å². The van der Waals surface area contributed by atoms with Crippen LogP contribution in [0.3, 0.4) is 0 Å². The molecule has 0 bridgehead atoms. The third-order valence-electron chi connectivity index (χ3n) is 7.34. The Morgan fingerprint density at radius 2 is 1.69 bits per heavy atom. The Bertz CT molecular complexity index is 1450. The number of nitrogens with zero attached hydrogens (tertiary/aromatic N) is 4. The topological polar surface area (TPSA) is 89.4 Å². The maximum Gasteiger partial charge on any atom is 0.252 e. The summed E-state index contributed by atoms with van der Waals surface area (Å²) in [5.41, 5.74) is 2.50. The predicted octanol–water partition coefficient (Wildman–Crippen LogP) is 5.88. The van der Waals surface area contributed by atoms with Gasteiger partial charge in [-0.25, -0.2) is 4.68 Å². The quantitative estimate of drug-likeness (QED) is 0.299. The summed E-state index contributed by atoms with van der Waals surface area (Å²) in [6, 6.07) is 20.1. The molecule has 1 heterocycles. The smallest absolute Gasteiger partial charge is 0.252 e. The largest absolute Gasteiger partial charge is 0.497 e. The second kappa shape index (κ2) is 11.9. The number of benzene rings is 3. The number of nitrogens with one attached hydrogen (secondary N) is 1. The van der Waals surface area contributed by atoms with Gasteiger partial charge in [0.05, 0.1) is 23.3 Å². The molecule has 2 atom stereocenters. The predicted molar refractivity (Wildman–Crippen MR) is 152 cm³/mol. The molecule has 0 aliphatic heterocycles. The number of hydrogen-bond donors (Lipinski definition) is 1. The third-order valence-corrected chi connectivity index (χ3v) is 7.66. The van der Waals surface area contributed by atoms with Crippen molar-refractivity contribution in [1.29, 1.82) is 0 Å². The SMILES string of the molecule is COc1ccc([C@@H](C(=O)NC2CCCCC2)N(C(=O)[C@H](C)n2nnc3ccccc32)c2ccccc2Cl)cc1. The van der Waals surface area contributed by atoms with Gasteiger partial charge in [-0.2, -0.15) is 0 Å². The Labute approximate surface area is 232 Å². The van der Waals surface area contributed by atoms with Crippen LogP contribution in [0.2, 0.25) is 5.02 Å². The van der Waals surface area contributed by atoms with Crippen molar-refractivity contribution in [1.82, 2.24) is 20.3 Å². The van der Waals surface area contributed by atoms with Crippen molar-refractivity contribution in [3.05, 3.63) is 83.4 Å². The fourth-order valence-corrected chi connectivity index (χ4v) is 5.47. The van der Waals surface area contributed by atoms with Crippen LogP contribution in [0.15, 0.2) is 72.8 Å². The van der Waals surface area contributed by atoms with E-state index in [0.29, 0.717) is 27.5 Å². The van der Waals surface area contributed by atoms with Gasteiger partial charge in [0.1, 0.15) is 23.3 Å². The average Bonchev–Trinajstić information content (AvgIpc) is 3.40. The molecule has 0 spiro atoms. The molecular formula is C30H32ClN5O3. The summed E-state index contributed by atoms with van der Waals surface area (Å²) in [5.74, 6) is 0.0672. The van der Waals surface area contributed by atoms with Gasteiger partial charge in [0, 0.05) is 6.04 Å². The van der Waals surface area contributed by atoms with E-state index in [-0.39, 0.29) is 17.9 Å². The molecule has 1 N–H and O–H groups in total. The first kappa shape index (κ1) is 26.7. The van der Waals surface area contributed by atoms with Crippen molar-refractivity contribution in [3.63, 3.8) is 0 Å². The van der Waals surface area contributed by atoms with Gasteiger partial charge >= 0.3 is 0 Å². The van der Waals surface area contributed by atoms with Crippen molar-refractivity contribution in [2.45, 2.75) is 57.2 Å². The van der Waals surface area contributed by atoms with Gasteiger partial charge in [0.15, 0.2) is 0 Å². The molecule has 0 unspecified atom stereocenters. The lowest BCUT2D eigenvalue weighted by Gasteiger charge is -2.35. The Balaban J connectivity index is 1.61. The van der Waals surface area contributed by atoms with Gasteiger partial charge in [-0.3, -0.25) is 14.5 Å². The highest BCUT2D eigenvalue weighted by Crippen LogP contribution is 2.36. The lowest BCUT2D eigenvalue weighted by atomic mass is 9.94. The molecule has 4 aromatic rings. The minimum atomic E-state index is -0.970. The highest BCUT2D eigenvalue weighted by Gasteiger charge is 2.38. The molecule has 1 aliphatic carbocycles. The number of carbonyl (C=O) groups is 2. The minimum absolute atomic E-state index is 0.0619. The zero-order valence-electron chi connectivity index (χ0n) is 22.1. The first-order chi connectivity index (χ1) is 19.0. The van der Waals surface area contributed by atoms with Crippen LogP contribution in [-0.4, -0.2) is 40.0 Å². The number of fused-ring (bicyclic) bond motifs is 1. The molecule has 1 saturated carbocycles. The Morgan fingerprint density at radius 3 is 2.41 bits per heavy atom. The van der Waals surface area contributed by atoms with E-state index in [2.05, 4.69) is 15.6 Å². The summed E-state index contributed by atoms with van der Waals surface area (Å²) in [7, 11) is 1.59. The summed E-state index contributed by atoms with van der Waals surface area (Å²) in [4.78, 5) is 30.1. The van der Waals surface area contributed by atoms with E-state index >= 15 is 0 Å². The molecule has 9 heteroatoms. The second-order valence-electron chi connectivity index (χ2n) is 9.88. The van der Waals surface area contributed by atoms with E-state index in [1.807, 2.05) is 36.4 Å². The van der Waals surface area contributed by atoms with Crippen LogP contribution in [0.1, 0.15) is 56.7 Å². The molecule has 0 saturated heterocycles. The van der Waals surface area contributed by atoms with Crippen molar-refractivity contribution < 1.29 is 14.3 Å². The summed E-state index contributed by atoms with van der Waals surface area (Å²) in [6.45, 7) is 1.76. The maximum atomic E-state index is 14.4. The van der Waals surface area contributed by atoms with Gasteiger partial charge in [0.2, 0.25) is 5.91 Å². The molecule has 0 radical (unpaired) electrons. The van der Waals surface area contributed by atoms with Crippen molar-refractivity contribution in [2.75, 3.05) is 12.0 Å².